The highest BCUT2D eigenvalue weighted by atomic mass is 35.5. The van der Waals surface area contributed by atoms with Gasteiger partial charge >= 0.3 is 0 Å². The first-order valence-corrected chi connectivity index (χ1v) is 6.33. The lowest BCUT2D eigenvalue weighted by Crippen LogP contribution is -2.02. The second-order valence-corrected chi connectivity index (χ2v) is 4.87. The molecule has 0 saturated heterocycles. The molecule has 2 aromatic rings. The molecule has 1 aromatic carbocycles. The van der Waals surface area contributed by atoms with E-state index in [0.29, 0.717) is 16.6 Å². The van der Waals surface area contributed by atoms with E-state index in [2.05, 4.69) is 18.0 Å². The van der Waals surface area contributed by atoms with Crippen LogP contribution in [-0.2, 0) is 6.42 Å². The fraction of sp³-hybridized carbons (Fsp3) is 0.308. The highest BCUT2D eigenvalue weighted by molar-refractivity contribution is 6.45. The van der Waals surface area contributed by atoms with Crippen LogP contribution in [0.1, 0.15) is 17.7 Å². The molecule has 0 spiro atoms. The zero-order valence-corrected chi connectivity index (χ0v) is 11.1. The molecule has 0 unspecified atom stereocenters. The van der Waals surface area contributed by atoms with Crippen LogP contribution >= 0.6 is 23.2 Å². The fourth-order valence-electron chi connectivity index (χ4n) is 1.88. The van der Waals surface area contributed by atoms with Crippen LogP contribution in [0.4, 0.5) is 0 Å². The van der Waals surface area contributed by atoms with Crippen molar-refractivity contribution in [2.75, 3.05) is 6.54 Å². The van der Waals surface area contributed by atoms with Crippen molar-refractivity contribution < 1.29 is 0 Å². The largest absolute Gasteiger partial charge is 0.330 e. The minimum Gasteiger partial charge on any atom is -0.330 e. The summed E-state index contributed by atoms with van der Waals surface area (Å²) < 4.78 is 0. The Morgan fingerprint density at radius 1 is 1.29 bits per heavy atom. The summed E-state index contributed by atoms with van der Waals surface area (Å²) >= 11 is 12.2. The topological polar surface area (TPSA) is 38.9 Å². The zero-order chi connectivity index (χ0) is 12.4. The molecule has 0 bridgehead atoms. The van der Waals surface area contributed by atoms with Crippen molar-refractivity contribution in [1.29, 1.82) is 0 Å². The lowest BCUT2D eigenvalue weighted by Gasteiger charge is -2.08. The number of hydrogen-bond acceptors (Lipinski definition) is 2. The number of benzene rings is 1. The van der Waals surface area contributed by atoms with E-state index in [9.17, 15) is 0 Å². The molecule has 0 fully saturated rings. The maximum Gasteiger partial charge on any atom is 0.0909 e. The van der Waals surface area contributed by atoms with Gasteiger partial charge in [0.05, 0.1) is 15.6 Å². The number of nitrogens with two attached hydrogens (primary N) is 1. The van der Waals surface area contributed by atoms with Crippen molar-refractivity contribution in [1.82, 2.24) is 4.98 Å². The van der Waals surface area contributed by atoms with Crippen molar-refractivity contribution in [3.05, 3.63) is 39.5 Å². The molecule has 0 aliphatic rings. The normalized spacial score (nSPS) is 11.1. The second kappa shape index (κ2) is 5.21. The molecule has 0 aliphatic heterocycles. The smallest absolute Gasteiger partial charge is 0.0909 e. The van der Waals surface area contributed by atoms with Gasteiger partial charge in [0.15, 0.2) is 0 Å². The van der Waals surface area contributed by atoms with Gasteiger partial charge in [0.25, 0.3) is 0 Å². The van der Waals surface area contributed by atoms with Crippen LogP contribution in [0.3, 0.4) is 0 Å². The zero-order valence-electron chi connectivity index (χ0n) is 9.63. The Bertz CT molecular complexity index is 553. The molecule has 0 saturated carbocycles. The number of aryl methyl sites for hydroxylation is 2. The van der Waals surface area contributed by atoms with E-state index in [1.807, 2.05) is 6.07 Å². The van der Waals surface area contributed by atoms with E-state index in [1.54, 1.807) is 6.07 Å². The third-order valence-corrected chi connectivity index (χ3v) is 3.56. The third-order valence-electron chi connectivity index (χ3n) is 2.77. The summed E-state index contributed by atoms with van der Waals surface area (Å²) in [5, 5.41) is 2.12. The molecule has 0 radical (unpaired) electrons. The molecule has 4 heteroatoms. The minimum absolute atomic E-state index is 0.530. The first-order valence-electron chi connectivity index (χ1n) is 5.58. The van der Waals surface area contributed by atoms with Crippen LogP contribution in [0.2, 0.25) is 10.0 Å². The molecule has 2 nitrogen and oxygen atoms in total. The maximum atomic E-state index is 6.18. The quantitative estimate of drug-likeness (QED) is 0.921. The van der Waals surface area contributed by atoms with Gasteiger partial charge in [0.2, 0.25) is 0 Å². The molecular formula is C13H14Cl2N2. The van der Waals surface area contributed by atoms with E-state index in [4.69, 9.17) is 28.9 Å². The lowest BCUT2D eigenvalue weighted by atomic mass is 10.1. The van der Waals surface area contributed by atoms with E-state index in [0.717, 1.165) is 29.4 Å². The predicted octanol–water partition coefficient (Wildman–Crippen LogP) is 3.74. The van der Waals surface area contributed by atoms with Gasteiger partial charge in [-0.25, -0.2) is 0 Å². The Morgan fingerprint density at radius 3 is 2.76 bits per heavy atom. The summed E-state index contributed by atoms with van der Waals surface area (Å²) in [6.45, 7) is 2.72. The second-order valence-electron chi connectivity index (χ2n) is 4.08. The Kier molecular flexibility index (Phi) is 3.87. The minimum atomic E-state index is 0.530. The van der Waals surface area contributed by atoms with Gasteiger partial charge in [-0.1, -0.05) is 29.3 Å². The van der Waals surface area contributed by atoms with Crippen LogP contribution < -0.4 is 5.73 Å². The molecule has 90 valence electrons. The van der Waals surface area contributed by atoms with Crippen molar-refractivity contribution in [3.8, 4) is 0 Å². The van der Waals surface area contributed by atoms with Gasteiger partial charge in [-0.2, -0.15) is 0 Å². The molecule has 2 rings (SSSR count). The number of pyridine rings is 1. The van der Waals surface area contributed by atoms with E-state index in [1.165, 1.54) is 5.56 Å². The molecular weight excluding hydrogens is 255 g/mol. The summed E-state index contributed by atoms with van der Waals surface area (Å²) in [7, 11) is 0. The molecule has 1 aromatic heterocycles. The average Bonchev–Trinajstić information content (AvgIpc) is 2.32. The predicted molar refractivity (Wildman–Crippen MR) is 73.9 cm³/mol. The number of fused-ring (bicyclic) bond motifs is 1. The summed E-state index contributed by atoms with van der Waals surface area (Å²) in [5.41, 5.74) is 8.47. The molecule has 0 amide bonds. The number of rotatable bonds is 3. The maximum absolute atomic E-state index is 6.18. The van der Waals surface area contributed by atoms with Crippen LogP contribution in [0, 0.1) is 6.92 Å². The first kappa shape index (κ1) is 12.6. The van der Waals surface area contributed by atoms with Crippen LogP contribution in [0.15, 0.2) is 18.2 Å². The fourth-order valence-corrected chi connectivity index (χ4v) is 2.24. The molecule has 0 aliphatic carbocycles. The molecule has 0 atom stereocenters. The summed E-state index contributed by atoms with van der Waals surface area (Å²) in [6.07, 6.45) is 1.80. The van der Waals surface area contributed by atoms with Gasteiger partial charge in [-0.05, 0) is 44.0 Å². The van der Waals surface area contributed by atoms with Gasteiger partial charge in [0, 0.05) is 11.1 Å². The summed E-state index contributed by atoms with van der Waals surface area (Å²) in [4.78, 5) is 4.56. The van der Waals surface area contributed by atoms with E-state index < -0.39 is 0 Å². The van der Waals surface area contributed by atoms with Gasteiger partial charge in [-0.15, -0.1) is 0 Å². The average molecular weight is 269 g/mol. The van der Waals surface area contributed by atoms with E-state index >= 15 is 0 Å². The number of aromatic nitrogens is 1. The lowest BCUT2D eigenvalue weighted by molar-refractivity contribution is 0.813. The van der Waals surface area contributed by atoms with Crippen molar-refractivity contribution in [3.63, 3.8) is 0 Å². The standard InChI is InChI=1S/C13H14Cl2N2/c1-8-7-9(3-2-6-16)17-13-10(8)4-5-11(14)12(13)15/h4-5,7H,2-3,6,16H2,1H3. The summed E-state index contributed by atoms with van der Waals surface area (Å²) in [5.74, 6) is 0. The Balaban J connectivity index is 2.58. The van der Waals surface area contributed by atoms with Crippen molar-refractivity contribution >= 4 is 34.1 Å². The molecule has 17 heavy (non-hydrogen) atoms. The first-order chi connectivity index (χ1) is 8.13. The van der Waals surface area contributed by atoms with Crippen molar-refractivity contribution in [2.24, 2.45) is 5.73 Å². The van der Waals surface area contributed by atoms with Gasteiger partial charge < -0.3 is 5.73 Å². The van der Waals surface area contributed by atoms with Crippen molar-refractivity contribution in [2.45, 2.75) is 19.8 Å². The van der Waals surface area contributed by atoms with E-state index in [-0.39, 0.29) is 0 Å². The Hall–Kier alpha value is -0.830. The SMILES string of the molecule is Cc1cc(CCCN)nc2c(Cl)c(Cl)ccc12. The summed E-state index contributed by atoms with van der Waals surface area (Å²) in [6, 6.07) is 5.85. The Labute approximate surface area is 111 Å². The molecule has 2 N–H and O–H groups in total. The molecule has 1 heterocycles. The highest BCUT2D eigenvalue weighted by Gasteiger charge is 2.08. The Morgan fingerprint density at radius 2 is 2.06 bits per heavy atom. The number of nitrogens with zero attached hydrogens (tertiary/aromatic N) is 1. The van der Waals surface area contributed by atoms with Gasteiger partial charge in [-0.3, -0.25) is 4.98 Å². The van der Waals surface area contributed by atoms with Gasteiger partial charge in [0.1, 0.15) is 0 Å². The third kappa shape index (κ3) is 2.54. The van der Waals surface area contributed by atoms with Crippen LogP contribution in [0.5, 0.6) is 0 Å². The van der Waals surface area contributed by atoms with Crippen LogP contribution in [0.25, 0.3) is 10.9 Å². The number of hydrogen-bond donors (Lipinski definition) is 1. The highest BCUT2D eigenvalue weighted by Crippen LogP contribution is 2.31. The number of halogens is 2. The monoisotopic (exact) mass is 268 g/mol. The van der Waals surface area contributed by atoms with Crippen LogP contribution in [-0.4, -0.2) is 11.5 Å².